The van der Waals surface area contributed by atoms with Crippen LogP contribution in [-0.4, -0.2) is 40.2 Å². The highest BCUT2D eigenvalue weighted by Gasteiger charge is 2.18. The van der Waals surface area contributed by atoms with Crippen molar-refractivity contribution in [2.24, 2.45) is 0 Å². The van der Waals surface area contributed by atoms with E-state index < -0.39 is 5.97 Å². The Hall–Kier alpha value is -3.67. The first kappa shape index (κ1) is 22.0. The number of ether oxygens (including phenoxy) is 1. The van der Waals surface area contributed by atoms with E-state index in [0.29, 0.717) is 0 Å². The molecule has 160 valence electrons. The van der Waals surface area contributed by atoms with Gasteiger partial charge in [0.15, 0.2) is 6.61 Å². The quantitative estimate of drug-likeness (QED) is 0.426. The minimum atomic E-state index is -0.569. The van der Waals surface area contributed by atoms with E-state index in [1.54, 1.807) is 18.0 Å². The zero-order valence-corrected chi connectivity index (χ0v) is 18.3. The molecule has 0 aliphatic heterocycles. The van der Waals surface area contributed by atoms with Gasteiger partial charge in [0.25, 0.3) is 5.91 Å². The Morgan fingerprint density at radius 1 is 1.06 bits per heavy atom. The third-order valence-corrected chi connectivity index (χ3v) is 5.33. The number of esters is 1. The summed E-state index contributed by atoms with van der Waals surface area (Å²) in [6, 6.07) is 19.4. The van der Waals surface area contributed by atoms with E-state index in [0.717, 1.165) is 28.2 Å². The van der Waals surface area contributed by atoms with Gasteiger partial charge in [-0.2, -0.15) is 5.10 Å². The number of carbonyl (C=O) groups is 2. The molecule has 1 atom stereocenters. The largest absolute Gasteiger partial charge is 0.452 e. The van der Waals surface area contributed by atoms with Crippen LogP contribution in [0.2, 0.25) is 0 Å². The highest BCUT2D eigenvalue weighted by Crippen LogP contribution is 2.20. The van der Waals surface area contributed by atoms with Crippen LogP contribution >= 0.6 is 0 Å². The second-order valence-electron chi connectivity index (χ2n) is 7.36. The molecule has 1 amide bonds. The minimum Gasteiger partial charge on any atom is -0.452 e. The molecular formula is C25H27N3O3. The molecule has 6 heteroatoms. The number of amides is 1. The number of aryl methyl sites for hydroxylation is 1. The summed E-state index contributed by atoms with van der Waals surface area (Å²) in [6.07, 6.45) is 3.01. The second kappa shape index (κ2) is 9.89. The Kier molecular flexibility index (Phi) is 7.03. The Morgan fingerprint density at radius 2 is 1.68 bits per heavy atom. The summed E-state index contributed by atoms with van der Waals surface area (Å²) >= 11 is 0. The van der Waals surface area contributed by atoms with Crippen LogP contribution in [0, 0.1) is 13.8 Å². The smallest absolute Gasteiger partial charge is 0.331 e. The SMILES string of the molecule is Cc1nn(-c2ccccc2)c(C)c1/C=C/C(=O)OCC(=O)N(C)C(C)c1ccccc1. The van der Waals surface area contributed by atoms with Crippen molar-refractivity contribution in [2.45, 2.75) is 26.8 Å². The predicted molar refractivity (Wildman–Crippen MR) is 121 cm³/mol. The Labute approximate surface area is 182 Å². The maximum atomic E-state index is 12.4. The molecule has 1 aromatic heterocycles. The minimum absolute atomic E-state index is 0.114. The topological polar surface area (TPSA) is 64.4 Å². The van der Waals surface area contributed by atoms with Crippen molar-refractivity contribution in [3.63, 3.8) is 0 Å². The lowest BCUT2D eigenvalue weighted by Crippen LogP contribution is -2.33. The fraction of sp³-hybridized carbons (Fsp3) is 0.240. The van der Waals surface area contributed by atoms with Crippen molar-refractivity contribution in [1.29, 1.82) is 0 Å². The molecule has 0 radical (unpaired) electrons. The van der Waals surface area contributed by atoms with E-state index in [-0.39, 0.29) is 18.6 Å². The van der Waals surface area contributed by atoms with Crippen LogP contribution in [0.25, 0.3) is 11.8 Å². The van der Waals surface area contributed by atoms with Crippen LogP contribution in [0.15, 0.2) is 66.7 Å². The monoisotopic (exact) mass is 417 g/mol. The van der Waals surface area contributed by atoms with E-state index in [1.165, 1.54) is 6.08 Å². The molecule has 0 N–H and O–H groups in total. The van der Waals surface area contributed by atoms with Gasteiger partial charge < -0.3 is 9.64 Å². The summed E-state index contributed by atoms with van der Waals surface area (Å²) in [5, 5.41) is 4.56. The van der Waals surface area contributed by atoms with Gasteiger partial charge in [0, 0.05) is 24.4 Å². The number of aromatic nitrogens is 2. The van der Waals surface area contributed by atoms with E-state index in [2.05, 4.69) is 5.10 Å². The van der Waals surface area contributed by atoms with Crippen LogP contribution in [0.3, 0.4) is 0 Å². The summed E-state index contributed by atoms with van der Waals surface area (Å²) in [4.78, 5) is 26.2. The lowest BCUT2D eigenvalue weighted by molar-refractivity contribution is -0.148. The van der Waals surface area contributed by atoms with Crippen molar-refractivity contribution >= 4 is 18.0 Å². The van der Waals surface area contributed by atoms with Gasteiger partial charge >= 0.3 is 5.97 Å². The van der Waals surface area contributed by atoms with Crippen LogP contribution in [0.5, 0.6) is 0 Å². The fourth-order valence-electron chi connectivity index (χ4n) is 3.32. The Balaban J connectivity index is 1.60. The molecule has 0 bridgehead atoms. The summed E-state index contributed by atoms with van der Waals surface area (Å²) in [6.45, 7) is 5.46. The number of likely N-dealkylation sites (N-methyl/N-ethyl adjacent to an activating group) is 1. The van der Waals surface area contributed by atoms with Gasteiger partial charge in [-0.25, -0.2) is 9.48 Å². The van der Waals surface area contributed by atoms with Gasteiger partial charge in [0.2, 0.25) is 0 Å². The van der Waals surface area contributed by atoms with Gasteiger partial charge in [0.05, 0.1) is 17.4 Å². The Bertz CT molecular complexity index is 1070. The second-order valence-corrected chi connectivity index (χ2v) is 7.36. The highest BCUT2D eigenvalue weighted by atomic mass is 16.5. The van der Waals surface area contributed by atoms with Gasteiger partial charge in [-0.1, -0.05) is 48.5 Å². The number of benzene rings is 2. The lowest BCUT2D eigenvalue weighted by Gasteiger charge is -2.25. The van der Waals surface area contributed by atoms with E-state index in [4.69, 9.17) is 4.74 Å². The molecule has 0 spiro atoms. The molecule has 1 unspecified atom stereocenters. The van der Waals surface area contributed by atoms with Crippen molar-refractivity contribution in [1.82, 2.24) is 14.7 Å². The molecule has 0 saturated carbocycles. The first-order valence-corrected chi connectivity index (χ1v) is 10.2. The summed E-state index contributed by atoms with van der Waals surface area (Å²) in [7, 11) is 1.70. The van der Waals surface area contributed by atoms with Crippen molar-refractivity contribution in [3.05, 3.63) is 89.3 Å². The van der Waals surface area contributed by atoms with Crippen LogP contribution in [0.4, 0.5) is 0 Å². The molecular weight excluding hydrogens is 390 g/mol. The van der Waals surface area contributed by atoms with Crippen molar-refractivity contribution < 1.29 is 14.3 Å². The first-order valence-electron chi connectivity index (χ1n) is 10.2. The number of hydrogen-bond donors (Lipinski definition) is 0. The maximum absolute atomic E-state index is 12.4. The number of carbonyl (C=O) groups excluding carboxylic acids is 2. The van der Waals surface area contributed by atoms with Gasteiger partial charge in [-0.15, -0.1) is 0 Å². The number of nitrogens with zero attached hydrogens (tertiary/aromatic N) is 3. The normalized spacial score (nSPS) is 12.0. The molecule has 3 aromatic rings. The zero-order chi connectivity index (χ0) is 22.4. The van der Waals surface area contributed by atoms with Crippen LogP contribution < -0.4 is 0 Å². The zero-order valence-electron chi connectivity index (χ0n) is 18.3. The number of hydrogen-bond acceptors (Lipinski definition) is 4. The molecule has 3 rings (SSSR count). The molecule has 0 aliphatic rings. The van der Waals surface area contributed by atoms with Gasteiger partial charge in [-0.05, 0) is 44.5 Å². The molecule has 0 fully saturated rings. The van der Waals surface area contributed by atoms with Crippen molar-refractivity contribution in [2.75, 3.05) is 13.7 Å². The Morgan fingerprint density at radius 3 is 2.32 bits per heavy atom. The highest BCUT2D eigenvalue weighted by molar-refractivity contribution is 5.89. The maximum Gasteiger partial charge on any atom is 0.331 e. The summed E-state index contributed by atoms with van der Waals surface area (Å²) in [5.41, 5.74) is 4.54. The average Bonchev–Trinajstić information content (AvgIpc) is 3.09. The molecule has 31 heavy (non-hydrogen) atoms. The lowest BCUT2D eigenvalue weighted by atomic mass is 10.1. The van der Waals surface area contributed by atoms with E-state index >= 15 is 0 Å². The molecule has 6 nitrogen and oxygen atoms in total. The van der Waals surface area contributed by atoms with Gasteiger partial charge in [-0.3, -0.25) is 4.79 Å². The standard InChI is InChI=1S/C25H27N3O3/c1-18-23(20(3)28(26-18)22-13-9-6-10-14-22)15-16-25(30)31-17-24(29)27(4)19(2)21-11-7-5-8-12-21/h5-16,19H,17H2,1-4H3/b16-15+. The third-order valence-electron chi connectivity index (χ3n) is 5.33. The predicted octanol–water partition coefficient (Wildman–Crippen LogP) is 4.27. The molecule has 0 saturated heterocycles. The first-order chi connectivity index (χ1) is 14.9. The summed E-state index contributed by atoms with van der Waals surface area (Å²) in [5.74, 6) is -0.831. The molecule has 2 aromatic carbocycles. The third kappa shape index (κ3) is 5.28. The van der Waals surface area contributed by atoms with E-state index in [9.17, 15) is 9.59 Å². The number of para-hydroxylation sites is 1. The molecule has 0 aliphatic carbocycles. The fourth-order valence-corrected chi connectivity index (χ4v) is 3.32. The van der Waals surface area contributed by atoms with E-state index in [1.807, 2.05) is 86.1 Å². The van der Waals surface area contributed by atoms with Crippen LogP contribution in [-0.2, 0) is 14.3 Å². The number of rotatable bonds is 7. The average molecular weight is 418 g/mol. The summed E-state index contributed by atoms with van der Waals surface area (Å²) < 4.78 is 7.00. The van der Waals surface area contributed by atoms with Crippen molar-refractivity contribution in [3.8, 4) is 5.69 Å². The van der Waals surface area contributed by atoms with Crippen LogP contribution in [0.1, 0.15) is 35.5 Å². The van der Waals surface area contributed by atoms with Gasteiger partial charge in [0.1, 0.15) is 0 Å². The molecule has 1 heterocycles.